The lowest BCUT2D eigenvalue weighted by Gasteiger charge is -2.26. The highest BCUT2D eigenvalue weighted by Crippen LogP contribution is 2.33. The number of rotatable bonds is 4. The zero-order chi connectivity index (χ0) is 15.5. The summed E-state index contributed by atoms with van der Waals surface area (Å²) in [7, 11) is 0. The van der Waals surface area contributed by atoms with E-state index in [4.69, 9.17) is 0 Å². The van der Waals surface area contributed by atoms with Crippen LogP contribution in [0.15, 0.2) is 18.2 Å². The number of hydrogen-bond acceptors (Lipinski definition) is 3. The lowest BCUT2D eigenvalue weighted by atomic mass is 10.1. The van der Waals surface area contributed by atoms with Gasteiger partial charge in [-0.25, -0.2) is 0 Å². The van der Waals surface area contributed by atoms with Gasteiger partial charge in [-0.1, -0.05) is 39.8 Å². The topological polar surface area (TPSA) is 15.3 Å². The molecule has 1 fully saturated rings. The molecule has 1 aliphatic heterocycles. The van der Waals surface area contributed by atoms with Crippen molar-refractivity contribution in [2.45, 2.75) is 58.4 Å². The van der Waals surface area contributed by atoms with Crippen LogP contribution in [0.5, 0.6) is 0 Å². The Labute approximate surface area is 134 Å². The maximum absolute atomic E-state index is 3.49. The van der Waals surface area contributed by atoms with Crippen LogP contribution in [0.25, 0.3) is 0 Å². The Balaban J connectivity index is 2.06. The van der Waals surface area contributed by atoms with Gasteiger partial charge in [0.2, 0.25) is 0 Å². The van der Waals surface area contributed by atoms with Crippen molar-refractivity contribution in [1.82, 2.24) is 5.32 Å². The molecule has 118 valence electrons. The van der Waals surface area contributed by atoms with Gasteiger partial charge in [-0.2, -0.15) is 11.8 Å². The summed E-state index contributed by atoms with van der Waals surface area (Å²) >= 11 is 2.11. The van der Waals surface area contributed by atoms with E-state index in [1.807, 2.05) is 0 Å². The second-order valence-electron chi connectivity index (χ2n) is 7.00. The molecule has 1 aromatic rings. The molecule has 1 aliphatic rings. The highest BCUT2D eigenvalue weighted by atomic mass is 32.2. The van der Waals surface area contributed by atoms with Crippen molar-refractivity contribution in [3.05, 3.63) is 29.3 Å². The number of anilines is 1. The van der Waals surface area contributed by atoms with Gasteiger partial charge in [0.25, 0.3) is 0 Å². The fourth-order valence-electron chi connectivity index (χ4n) is 2.77. The smallest absolute Gasteiger partial charge is 0.0396 e. The second kappa shape index (κ2) is 7.06. The monoisotopic (exact) mass is 306 g/mol. The molecule has 1 aromatic carbocycles. The number of hydrogen-bond donors (Lipinski definition) is 1. The first-order valence-corrected chi connectivity index (χ1v) is 9.08. The number of nitrogens with one attached hydrogen (secondary N) is 1. The summed E-state index contributed by atoms with van der Waals surface area (Å²) in [4.78, 5) is 2.57. The van der Waals surface area contributed by atoms with E-state index < -0.39 is 0 Å². The van der Waals surface area contributed by atoms with Crippen LogP contribution in [0.2, 0.25) is 0 Å². The standard InChI is InChI=1S/C18H30N2S/c1-14(2)19-13-16-6-7-17(15(3)12-16)20-9-8-18(4,5)21-11-10-20/h6-7,12,14,19H,8-11,13H2,1-5H3. The molecule has 0 radical (unpaired) electrons. The molecule has 21 heavy (non-hydrogen) atoms. The molecule has 0 atom stereocenters. The number of thioether (sulfide) groups is 1. The molecule has 2 nitrogen and oxygen atoms in total. The van der Waals surface area contributed by atoms with Crippen molar-refractivity contribution < 1.29 is 0 Å². The van der Waals surface area contributed by atoms with Crippen molar-refractivity contribution in [2.24, 2.45) is 0 Å². The van der Waals surface area contributed by atoms with Crippen LogP contribution in [0.3, 0.4) is 0 Å². The molecular formula is C18H30N2S. The molecule has 2 rings (SSSR count). The average Bonchev–Trinajstić information content (AvgIpc) is 2.58. The van der Waals surface area contributed by atoms with E-state index in [9.17, 15) is 0 Å². The van der Waals surface area contributed by atoms with E-state index in [1.54, 1.807) is 0 Å². The summed E-state index contributed by atoms with van der Waals surface area (Å²) < 4.78 is 0.420. The van der Waals surface area contributed by atoms with Crippen molar-refractivity contribution in [1.29, 1.82) is 0 Å². The predicted octanol–water partition coefficient (Wildman–Crippen LogP) is 4.21. The summed E-state index contributed by atoms with van der Waals surface area (Å²) in [5, 5.41) is 3.49. The maximum atomic E-state index is 3.49. The minimum Gasteiger partial charge on any atom is -0.370 e. The first-order valence-electron chi connectivity index (χ1n) is 8.09. The number of nitrogens with zero attached hydrogens (tertiary/aromatic N) is 1. The quantitative estimate of drug-likeness (QED) is 0.897. The molecular weight excluding hydrogens is 276 g/mol. The van der Waals surface area contributed by atoms with E-state index in [1.165, 1.54) is 42.1 Å². The summed E-state index contributed by atoms with van der Waals surface area (Å²) in [5.41, 5.74) is 4.21. The Morgan fingerprint density at radius 2 is 2.05 bits per heavy atom. The highest BCUT2D eigenvalue weighted by Gasteiger charge is 2.24. The van der Waals surface area contributed by atoms with Crippen molar-refractivity contribution in [3.63, 3.8) is 0 Å². The Hall–Kier alpha value is -0.670. The first kappa shape index (κ1) is 16.7. The van der Waals surface area contributed by atoms with Crippen LogP contribution in [0, 0.1) is 6.92 Å². The molecule has 1 saturated heterocycles. The average molecular weight is 307 g/mol. The van der Waals surface area contributed by atoms with Gasteiger partial charge in [0, 0.05) is 41.9 Å². The van der Waals surface area contributed by atoms with Gasteiger partial charge in [0.15, 0.2) is 0 Å². The fraction of sp³-hybridized carbons (Fsp3) is 0.667. The summed E-state index contributed by atoms with van der Waals surface area (Å²) in [5.74, 6) is 1.23. The molecule has 0 saturated carbocycles. The van der Waals surface area contributed by atoms with Crippen LogP contribution in [0.1, 0.15) is 45.2 Å². The molecule has 0 aliphatic carbocycles. The largest absolute Gasteiger partial charge is 0.370 e. The minimum atomic E-state index is 0.420. The van der Waals surface area contributed by atoms with Gasteiger partial charge >= 0.3 is 0 Å². The van der Waals surface area contributed by atoms with Crippen LogP contribution in [0.4, 0.5) is 5.69 Å². The van der Waals surface area contributed by atoms with E-state index >= 15 is 0 Å². The summed E-state index contributed by atoms with van der Waals surface area (Å²) in [6.07, 6.45) is 1.26. The number of aryl methyl sites for hydroxylation is 1. The molecule has 0 aromatic heterocycles. The molecule has 0 unspecified atom stereocenters. The van der Waals surface area contributed by atoms with Crippen LogP contribution in [-0.2, 0) is 6.54 Å². The zero-order valence-electron chi connectivity index (χ0n) is 14.2. The van der Waals surface area contributed by atoms with Crippen molar-refractivity contribution in [2.75, 3.05) is 23.7 Å². The molecule has 1 N–H and O–H groups in total. The third-order valence-electron chi connectivity index (χ3n) is 4.15. The second-order valence-corrected chi connectivity index (χ2v) is 8.80. The normalized spacial score (nSPS) is 18.9. The fourth-order valence-corrected chi connectivity index (χ4v) is 3.87. The van der Waals surface area contributed by atoms with E-state index in [0.717, 1.165) is 6.54 Å². The molecule has 0 bridgehead atoms. The van der Waals surface area contributed by atoms with E-state index in [-0.39, 0.29) is 0 Å². The predicted molar refractivity (Wildman–Crippen MR) is 96.5 cm³/mol. The van der Waals surface area contributed by atoms with E-state index in [2.05, 4.69) is 74.8 Å². The summed E-state index contributed by atoms with van der Waals surface area (Å²) in [6.45, 7) is 14.7. The molecule has 1 heterocycles. The zero-order valence-corrected chi connectivity index (χ0v) is 15.0. The van der Waals surface area contributed by atoms with Gasteiger partial charge in [0.1, 0.15) is 0 Å². The summed E-state index contributed by atoms with van der Waals surface area (Å²) in [6, 6.07) is 7.47. The van der Waals surface area contributed by atoms with Gasteiger partial charge in [-0.3, -0.25) is 0 Å². The van der Waals surface area contributed by atoms with Crippen LogP contribution < -0.4 is 10.2 Å². The lowest BCUT2D eigenvalue weighted by molar-refractivity contribution is 0.588. The Bertz CT molecular complexity index is 468. The van der Waals surface area contributed by atoms with Crippen molar-refractivity contribution in [3.8, 4) is 0 Å². The van der Waals surface area contributed by atoms with E-state index in [0.29, 0.717) is 10.8 Å². The Morgan fingerprint density at radius 3 is 2.71 bits per heavy atom. The van der Waals surface area contributed by atoms with Gasteiger partial charge in [-0.15, -0.1) is 0 Å². The SMILES string of the molecule is Cc1cc(CNC(C)C)ccc1N1CCSC(C)(C)CC1. The third-order valence-corrected chi connectivity index (χ3v) is 5.53. The number of benzene rings is 1. The van der Waals surface area contributed by atoms with Gasteiger partial charge in [0.05, 0.1) is 0 Å². The molecule has 0 amide bonds. The van der Waals surface area contributed by atoms with Crippen LogP contribution >= 0.6 is 11.8 Å². The first-order chi connectivity index (χ1) is 9.87. The third kappa shape index (κ3) is 4.93. The lowest BCUT2D eigenvalue weighted by Crippen LogP contribution is -2.27. The Morgan fingerprint density at radius 1 is 1.29 bits per heavy atom. The van der Waals surface area contributed by atoms with Gasteiger partial charge in [-0.05, 0) is 30.5 Å². The van der Waals surface area contributed by atoms with Gasteiger partial charge < -0.3 is 10.2 Å². The maximum Gasteiger partial charge on any atom is 0.0396 e. The highest BCUT2D eigenvalue weighted by molar-refractivity contribution is 8.00. The van der Waals surface area contributed by atoms with Crippen LogP contribution in [-0.4, -0.2) is 29.6 Å². The molecule has 0 spiro atoms. The minimum absolute atomic E-state index is 0.420. The molecule has 3 heteroatoms. The van der Waals surface area contributed by atoms with Crippen molar-refractivity contribution >= 4 is 17.4 Å². The Kier molecular flexibility index (Phi) is 5.61.